The maximum absolute atomic E-state index is 12.4. The fraction of sp³-hybridized carbons (Fsp3) is 0.385. The van der Waals surface area contributed by atoms with E-state index in [9.17, 15) is 9.90 Å². The average Bonchev–Trinajstić information content (AvgIpc) is 3.73. The van der Waals surface area contributed by atoms with Gasteiger partial charge in [-0.3, -0.25) is 4.79 Å². The predicted octanol–water partition coefficient (Wildman–Crippen LogP) is 6.33. The number of imidazole rings is 1. The molecule has 3 aromatic heterocycles. The van der Waals surface area contributed by atoms with E-state index < -0.39 is 0 Å². The highest BCUT2D eigenvalue weighted by Crippen LogP contribution is 2.51. The minimum atomic E-state index is -0.214. The normalized spacial score (nSPS) is 17.9. The number of ether oxygens (including phenoxy) is 1. The third-order valence-electron chi connectivity index (χ3n) is 10.8. The van der Waals surface area contributed by atoms with Gasteiger partial charge in [-0.15, -0.1) is 24.8 Å². The Labute approximate surface area is 336 Å². The molecule has 5 N–H and O–H groups in total. The maximum Gasteiger partial charge on any atom is 0.258 e. The van der Waals surface area contributed by atoms with Gasteiger partial charge < -0.3 is 35.5 Å². The van der Waals surface area contributed by atoms with Crippen LogP contribution in [0.1, 0.15) is 54.2 Å². The lowest BCUT2D eigenvalue weighted by molar-refractivity contribution is -0.123. The van der Waals surface area contributed by atoms with Gasteiger partial charge in [0.2, 0.25) is 0 Å². The van der Waals surface area contributed by atoms with Crippen molar-refractivity contribution in [3.05, 3.63) is 94.5 Å². The minimum absolute atomic E-state index is 0. The van der Waals surface area contributed by atoms with Gasteiger partial charge in [-0.2, -0.15) is 0 Å². The number of aromatic nitrogens is 4. The van der Waals surface area contributed by atoms with E-state index in [1.54, 1.807) is 0 Å². The van der Waals surface area contributed by atoms with Crippen LogP contribution in [0, 0.1) is 12.3 Å². The van der Waals surface area contributed by atoms with Gasteiger partial charge in [0, 0.05) is 48.0 Å². The van der Waals surface area contributed by atoms with E-state index in [0.29, 0.717) is 27.1 Å². The summed E-state index contributed by atoms with van der Waals surface area (Å²) in [7, 11) is 0. The number of benzene rings is 2. The van der Waals surface area contributed by atoms with E-state index in [0.717, 1.165) is 85.9 Å². The van der Waals surface area contributed by atoms with Crippen LogP contribution in [0.15, 0.2) is 76.9 Å². The SMILES string of the molecule is Cc1nc(N2CCC3(CC2)Cc2ccccc2[C@H]3N)c(CO)nc1Sc1ccn2cc(-c3ccc(OCC(=O)NC4CCNCC4)cc3)nc2c1Cl.Cl.Cl. The van der Waals surface area contributed by atoms with Crippen LogP contribution in [-0.2, 0) is 17.8 Å². The van der Waals surface area contributed by atoms with Gasteiger partial charge in [0.1, 0.15) is 16.5 Å². The molecular weight excluding hydrogens is 767 g/mol. The molecule has 0 unspecified atom stereocenters. The number of rotatable bonds is 9. The average molecular weight is 812 g/mol. The van der Waals surface area contributed by atoms with Crippen LogP contribution >= 0.6 is 48.2 Å². The van der Waals surface area contributed by atoms with Crippen molar-refractivity contribution in [1.29, 1.82) is 0 Å². The second-order valence-electron chi connectivity index (χ2n) is 14.1. The van der Waals surface area contributed by atoms with Crippen molar-refractivity contribution in [2.45, 2.75) is 67.6 Å². The Bertz CT molecular complexity index is 2100. The van der Waals surface area contributed by atoms with Gasteiger partial charge in [0.15, 0.2) is 18.1 Å². The summed E-state index contributed by atoms with van der Waals surface area (Å²) in [5, 5.41) is 17.9. The third kappa shape index (κ3) is 8.02. The molecule has 0 saturated carbocycles. The Balaban J connectivity index is 0.00000249. The monoisotopic (exact) mass is 810 g/mol. The van der Waals surface area contributed by atoms with Crippen molar-refractivity contribution in [2.75, 3.05) is 37.7 Å². The summed E-state index contributed by atoms with van der Waals surface area (Å²) in [6.07, 6.45) is 8.66. The number of nitrogens with one attached hydrogen (secondary N) is 2. The lowest BCUT2D eigenvalue weighted by Gasteiger charge is -2.43. The van der Waals surface area contributed by atoms with E-state index in [4.69, 9.17) is 37.0 Å². The molecule has 5 heterocycles. The van der Waals surface area contributed by atoms with Crippen LogP contribution in [0.5, 0.6) is 5.75 Å². The lowest BCUT2D eigenvalue weighted by Crippen LogP contribution is -2.45. The van der Waals surface area contributed by atoms with Crippen LogP contribution in [0.25, 0.3) is 16.9 Å². The van der Waals surface area contributed by atoms with E-state index in [-0.39, 0.29) is 61.4 Å². The van der Waals surface area contributed by atoms with Crippen LogP contribution in [0.2, 0.25) is 5.02 Å². The Kier molecular flexibility index (Phi) is 12.6. The molecular formula is C39H45Cl3N8O3S. The van der Waals surface area contributed by atoms with Crippen molar-refractivity contribution in [3.63, 3.8) is 0 Å². The zero-order valence-electron chi connectivity index (χ0n) is 30.0. The molecule has 3 aliphatic rings. The Morgan fingerprint density at radius 3 is 2.54 bits per heavy atom. The number of fused-ring (bicyclic) bond motifs is 2. The number of pyridine rings is 1. The zero-order chi connectivity index (χ0) is 35.8. The highest BCUT2D eigenvalue weighted by molar-refractivity contribution is 7.99. The first-order valence-electron chi connectivity index (χ1n) is 18.0. The van der Waals surface area contributed by atoms with Crippen molar-refractivity contribution < 1.29 is 14.6 Å². The van der Waals surface area contributed by atoms with Crippen molar-refractivity contribution in [2.24, 2.45) is 11.1 Å². The number of carbonyl (C=O) groups excluding carboxylic acids is 1. The van der Waals surface area contributed by atoms with E-state index >= 15 is 0 Å². The first kappa shape index (κ1) is 40.1. The van der Waals surface area contributed by atoms with Gasteiger partial charge in [-0.1, -0.05) is 47.6 Å². The molecule has 5 aromatic rings. The lowest BCUT2D eigenvalue weighted by atomic mass is 9.73. The molecule has 1 amide bonds. The topological polar surface area (TPSA) is 143 Å². The molecule has 2 fully saturated rings. The Morgan fingerprint density at radius 2 is 1.81 bits per heavy atom. The summed E-state index contributed by atoms with van der Waals surface area (Å²) in [6.45, 7) is 5.17. The number of aryl methyl sites for hydroxylation is 1. The number of piperidine rings is 2. The van der Waals surface area contributed by atoms with Crippen LogP contribution in [-0.4, -0.2) is 69.2 Å². The number of nitrogens with zero attached hydrogens (tertiary/aromatic N) is 5. The Morgan fingerprint density at radius 1 is 1.07 bits per heavy atom. The summed E-state index contributed by atoms with van der Waals surface area (Å²) < 4.78 is 7.64. The second kappa shape index (κ2) is 17.0. The number of halogens is 3. The number of hydrogen-bond donors (Lipinski definition) is 4. The number of aliphatic hydroxyl groups is 1. The molecule has 11 nitrogen and oxygen atoms in total. The number of carbonyl (C=O) groups is 1. The van der Waals surface area contributed by atoms with Crippen molar-refractivity contribution >= 4 is 65.5 Å². The molecule has 2 saturated heterocycles. The predicted molar refractivity (Wildman–Crippen MR) is 217 cm³/mol. The van der Waals surface area contributed by atoms with Crippen LogP contribution in [0.3, 0.4) is 0 Å². The van der Waals surface area contributed by atoms with Crippen molar-refractivity contribution in [3.8, 4) is 17.0 Å². The molecule has 8 rings (SSSR count). The fourth-order valence-corrected chi connectivity index (χ4v) is 9.07. The quantitative estimate of drug-likeness (QED) is 0.134. The van der Waals surface area contributed by atoms with E-state index in [1.807, 2.05) is 54.0 Å². The molecule has 1 atom stereocenters. The molecule has 54 heavy (non-hydrogen) atoms. The Hall–Kier alpha value is -3.62. The first-order valence-corrected chi connectivity index (χ1v) is 19.1. The number of anilines is 1. The largest absolute Gasteiger partial charge is 0.484 e. The second-order valence-corrected chi connectivity index (χ2v) is 15.5. The molecule has 2 aromatic carbocycles. The standard InChI is InChI=1S/C39H43ClN8O3S.2ClH/c1-24-38(46-31(22-49)36(43-24)47-18-13-39(14-19-47)20-26-4-2-3-5-29(26)35(39)41)52-32-12-17-48-21-30(45-37(48)34(32)40)25-6-8-28(9-7-25)51-23-33(50)44-27-10-15-42-16-11-27;;/h2-9,12,17,21,27,35,42,49H,10-11,13-16,18-20,22-23,41H2,1H3,(H,44,50);2*1H/t35-;;/m1../s1. The molecule has 15 heteroatoms. The van der Waals surface area contributed by atoms with Gasteiger partial charge in [-0.25, -0.2) is 15.0 Å². The molecule has 1 spiro atoms. The molecule has 2 aliphatic heterocycles. The number of nitrogens with two attached hydrogens (primary N) is 1. The summed E-state index contributed by atoms with van der Waals surface area (Å²) >= 11 is 8.38. The zero-order valence-corrected chi connectivity index (χ0v) is 33.2. The van der Waals surface area contributed by atoms with E-state index in [2.05, 4.69) is 39.8 Å². The summed E-state index contributed by atoms with van der Waals surface area (Å²) in [5.41, 5.74) is 13.1. The third-order valence-corrected chi connectivity index (χ3v) is 12.5. The van der Waals surface area contributed by atoms with Crippen LogP contribution in [0.4, 0.5) is 5.82 Å². The molecule has 0 bridgehead atoms. The van der Waals surface area contributed by atoms with E-state index in [1.165, 1.54) is 22.9 Å². The van der Waals surface area contributed by atoms with Crippen molar-refractivity contribution in [1.82, 2.24) is 30.0 Å². The maximum atomic E-state index is 12.4. The van der Waals surface area contributed by atoms with Gasteiger partial charge >= 0.3 is 0 Å². The highest BCUT2D eigenvalue weighted by atomic mass is 35.5. The first-order chi connectivity index (χ1) is 25.3. The van der Waals surface area contributed by atoms with Gasteiger partial charge in [0.05, 0.1) is 23.0 Å². The number of aliphatic hydroxyl groups excluding tert-OH is 1. The summed E-state index contributed by atoms with van der Waals surface area (Å²) in [5.74, 6) is 1.24. The van der Waals surface area contributed by atoms with Crippen LogP contribution < -0.4 is 26.0 Å². The van der Waals surface area contributed by atoms with Gasteiger partial charge in [0.25, 0.3) is 5.91 Å². The fourth-order valence-electron chi connectivity index (χ4n) is 7.88. The number of hydrogen-bond acceptors (Lipinski definition) is 10. The number of amides is 1. The van der Waals surface area contributed by atoms with Gasteiger partial charge in [-0.05, 0) is 99.0 Å². The molecule has 286 valence electrons. The smallest absolute Gasteiger partial charge is 0.258 e. The molecule has 1 aliphatic carbocycles. The minimum Gasteiger partial charge on any atom is -0.484 e. The summed E-state index contributed by atoms with van der Waals surface area (Å²) in [6, 6.07) is 18.3. The summed E-state index contributed by atoms with van der Waals surface area (Å²) in [4.78, 5) is 30.1. The molecule has 0 radical (unpaired) electrons. The highest BCUT2D eigenvalue weighted by Gasteiger charge is 2.46.